The molecule has 0 saturated carbocycles. The van der Waals surface area contributed by atoms with Gasteiger partial charge in [-0.1, -0.05) is 0 Å². The zero-order chi connectivity index (χ0) is 19.4. The lowest BCUT2D eigenvalue weighted by Crippen LogP contribution is -2.02. The molecule has 1 aliphatic heterocycles. The number of carbonyl (C=O) groups excluding carboxylic acids is 1. The molecule has 0 unspecified atom stereocenters. The van der Waals surface area contributed by atoms with Crippen LogP contribution in [0, 0.1) is 0 Å². The number of carbonyl (C=O) groups is 1. The number of ether oxygens (including phenoxy) is 6. The predicted octanol–water partition coefficient (Wildman–Crippen LogP) is 3.31. The normalized spacial score (nSPS) is 12.5. The maximum absolute atomic E-state index is 12.8. The first-order chi connectivity index (χ1) is 13.1. The quantitative estimate of drug-likeness (QED) is 0.419. The molecule has 0 atom stereocenters. The van der Waals surface area contributed by atoms with Crippen LogP contribution in [0.15, 0.2) is 36.4 Å². The van der Waals surface area contributed by atoms with Crippen molar-refractivity contribution >= 4 is 11.5 Å². The smallest absolute Gasteiger partial charge is 0.231 e. The molecule has 0 radical (unpaired) electrons. The Balaban J connectivity index is 2.02. The molecule has 0 aromatic heterocycles. The summed E-state index contributed by atoms with van der Waals surface area (Å²) in [4.78, 5) is 12.8. The van der Waals surface area contributed by atoms with Gasteiger partial charge < -0.3 is 28.4 Å². The van der Waals surface area contributed by atoms with Crippen LogP contribution >= 0.6 is 0 Å². The number of hydrogen-bond acceptors (Lipinski definition) is 7. The Labute approximate surface area is 157 Å². The molecular formula is C20H20O7. The standard InChI is InChI=1S/C20H20O7/c1-22-13-8-17(23-2)20(18(9-13)24-3)19(25-4)10-14(21)12-5-6-15-16(7-12)27-11-26-15/h5-10H,11H2,1-4H3/b19-10+. The fraction of sp³-hybridized carbons (Fsp3) is 0.250. The highest BCUT2D eigenvalue weighted by Gasteiger charge is 2.21. The molecule has 1 heterocycles. The van der Waals surface area contributed by atoms with E-state index in [1.807, 2.05) is 0 Å². The fourth-order valence-corrected chi connectivity index (χ4v) is 2.73. The van der Waals surface area contributed by atoms with Gasteiger partial charge in [-0.05, 0) is 18.2 Å². The Morgan fingerprint density at radius 1 is 0.926 bits per heavy atom. The van der Waals surface area contributed by atoms with Crippen molar-refractivity contribution in [2.24, 2.45) is 0 Å². The van der Waals surface area contributed by atoms with Crippen molar-refractivity contribution in [1.29, 1.82) is 0 Å². The molecule has 0 N–H and O–H groups in total. The van der Waals surface area contributed by atoms with Crippen LogP contribution in [0.3, 0.4) is 0 Å². The van der Waals surface area contributed by atoms with Crippen molar-refractivity contribution in [2.45, 2.75) is 0 Å². The van der Waals surface area contributed by atoms with Crippen molar-refractivity contribution in [2.75, 3.05) is 35.2 Å². The molecule has 0 fully saturated rings. The van der Waals surface area contributed by atoms with Gasteiger partial charge in [0.15, 0.2) is 17.3 Å². The van der Waals surface area contributed by atoms with E-state index >= 15 is 0 Å². The summed E-state index contributed by atoms with van der Waals surface area (Å²) in [5.74, 6) is 2.66. The molecule has 0 aliphatic carbocycles. The van der Waals surface area contributed by atoms with Gasteiger partial charge in [-0.25, -0.2) is 0 Å². The molecule has 1 aliphatic rings. The summed E-state index contributed by atoms with van der Waals surface area (Å²) in [7, 11) is 6.06. The Morgan fingerprint density at radius 2 is 1.59 bits per heavy atom. The zero-order valence-corrected chi connectivity index (χ0v) is 15.5. The molecule has 2 aromatic carbocycles. The lowest BCUT2D eigenvalue weighted by atomic mass is 10.1. The van der Waals surface area contributed by atoms with Gasteiger partial charge in [0.05, 0.1) is 28.4 Å². The van der Waals surface area contributed by atoms with Crippen molar-refractivity contribution < 1.29 is 33.2 Å². The van der Waals surface area contributed by atoms with Crippen molar-refractivity contribution in [3.63, 3.8) is 0 Å². The molecule has 7 heteroatoms. The molecule has 2 aromatic rings. The summed E-state index contributed by atoms with van der Waals surface area (Å²) in [6, 6.07) is 8.38. The van der Waals surface area contributed by atoms with E-state index in [1.54, 1.807) is 37.4 Å². The zero-order valence-electron chi connectivity index (χ0n) is 15.5. The molecule has 0 saturated heterocycles. The number of benzene rings is 2. The Morgan fingerprint density at radius 3 is 2.19 bits per heavy atom. The van der Waals surface area contributed by atoms with Crippen LogP contribution in [0.25, 0.3) is 5.76 Å². The number of rotatable bonds is 7. The van der Waals surface area contributed by atoms with Gasteiger partial charge in [-0.15, -0.1) is 0 Å². The van der Waals surface area contributed by atoms with Crippen LogP contribution in [0.4, 0.5) is 0 Å². The maximum atomic E-state index is 12.8. The topological polar surface area (TPSA) is 72.5 Å². The first kappa shape index (κ1) is 18.4. The Bertz CT molecular complexity index is 861. The number of hydrogen-bond donors (Lipinski definition) is 0. The number of ketones is 1. The first-order valence-electron chi connectivity index (χ1n) is 8.11. The predicted molar refractivity (Wildman–Crippen MR) is 98.0 cm³/mol. The van der Waals surface area contributed by atoms with Gasteiger partial charge in [0.2, 0.25) is 6.79 Å². The molecule has 3 rings (SSSR count). The van der Waals surface area contributed by atoms with E-state index in [9.17, 15) is 4.79 Å². The van der Waals surface area contributed by atoms with Crippen LogP contribution in [0.5, 0.6) is 28.7 Å². The summed E-state index contributed by atoms with van der Waals surface area (Å²) in [5.41, 5.74) is 0.956. The van der Waals surface area contributed by atoms with E-state index in [-0.39, 0.29) is 12.6 Å². The van der Waals surface area contributed by atoms with E-state index in [4.69, 9.17) is 28.4 Å². The summed E-state index contributed by atoms with van der Waals surface area (Å²) < 4.78 is 32.2. The molecule has 142 valence electrons. The Kier molecular flexibility index (Phi) is 5.40. The lowest BCUT2D eigenvalue weighted by Gasteiger charge is -2.16. The second-order valence-electron chi connectivity index (χ2n) is 5.55. The lowest BCUT2D eigenvalue weighted by molar-refractivity contribution is 0.104. The summed E-state index contributed by atoms with van der Waals surface area (Å²) in [5, 5.41) is 0. The third-order valence-corrected chi connectivity index (χ3v) is 4.10. The molecule has 7 nitrogen and oxygen atoms in total. The first-order valence-corrected chi connectivity index (χ1v) is 8.11. The number of allylic oxidation sites excluding steroid dienone is 1. The summed E-state index contributed by atoms with van der Waals surface area (Å²) in [6.45, 7) is 0.145. The Hall–Kier alpha value is -3.35. The second-order valence-corrected chi connectivity index (χ2v) is 5.55. The van der Waals surface area contributed by atoms with Crippen LogP contribution in [-0.4, -0.2) is 41.0 Å². The number of methoxy groups -OCH3 is 4. The van der Waals surface area contributed by atoms with Crippen LogP contribution in [0.1, 0.15) is 15.9 Å². The van der Waals surface area contributed by atoms with Gasteiger partial charge >= 0.3 is 0 Å². The minimum Gasteiger partial charge on any atom is -0.496 e. The largest absolute Gasteiger partial charge is 0.496 e. The van der Waals surface area contributed by atoms with E-state index in [0.29, 0.717) is 45.6 Å². The fourth-order valence-electron chi connectivity index (χ4n) is 2.73. The minimum absolute atomic E-state index is 0.145. The van der Waals surface area contributed by atoms with Crippen LogP contribution in [0.2, 0.25) is 0 Å². The highest BCUT2D eigenvalue weighted by molar-refractivity contribution is 6.08. The molecular weight excluding hydrogens is 352 g/mol. The van der Waals surface area contributed by atoms with E-state index < -0.39 is 0 Å². The molecule has 0 amide bonds. The van der Waals surface area contributed by atoms with Crippen molar-refractivity contribution in [1.82, 2.24) is 0 Å². The second kappa shape index (κ2) is 7.90. The van der Waals surface area contributed by atoms with Gasteiger partial charge in [-0.2, -0.15) is 0 Å². The third kappa shape index (κ3) is 3.62. The van der Waals surface area contributed by atoms with Crippen molar-refractivity contribution in [3.05, 3.63) is 47.5 Å². The van der Waals surface area contributed by atoms with E-state index in [0.717, 1.165) is 0 Å². The van der Waals surface area contributed by atoms with Gasteiger partial charge in [0.1, 0.15) is 28.6 Å². The van der Waals surface area contributed by atoms with Gasteiger partial charge in [0, 0.05) is 23.8 Å². The third-order valence-electron chi connectivity index (χ3n) is 4.10. The summed E-state index contributed by atoms with van der Waals surface area (Å²) in [6.07, 6.45) is 1.38. The van der Waals surface area contributed by atoms with Crippen LogP contribution in [-0.2, 0) is 4.74 Å². The SMILES string of the molecule is CO/C(=C/C(=O)c1ccc2c(c1)OCO2)c1c(OC)cc(OC)cc1OC. The molecule has 0 spiro atoms. The van der Waals surface area contributed by atoms with E-state index in [1.165, 1.54) is 27.4 Å². The highest BCUT2D eigenvalue weighted by atomic mass is 16.7. The highest BCUT2D eigenvalue weighted by Crippen LogP contribution is 2.39. The van der Waals surface area contributed by atoms with Gasteiger partial charge in [0.25, 0.3) is 0 Å². The monoisotopic (exact) mass is 372 g/mol. The van der Waals surface area contributed by atoms with Crippen LogP contribution < -0.4 is 23.7 Å². The van der Waals surface area contributed by atoms with E-state index in [2.05, 4.69) is 0 Å². The van der Waals surface area contributed by atoms with Crippen molar-refractivity contribution in [3.8, 4) is 28.7 Å². The minimum atomic E-state index is -0.259. The molecule has 0 bridgehead atoms. The maximum Gasteiger partial charge on any atom is 0.231 e. The van der Waals surface area contributed by atoms with Gasteiger partial charge in [-0.3, -0.25) is 4.79 Å². The molecule has 27 heavy (non-hydrogen) atoms. The summed E-state index contributed by atoms with van der Waals surface area (Å²) >= 11 is 0. The average molecular weight is 372 g/mol. The average Bonchev–Trinajstić information content (AvgIpc) is 3.18. The number of fused-ring (bicyclic) bond motifs is 1.